The molecular formula is C12H13FN2O3. The van der Waals surface area contributed by atoms with Crippen LogP contribution in [0.15, 0.2) is 18.2 Å². The molecule has 1 aromatic rings. The average molecular weight is 252 g/mol. The zero-order valence-corrected chi connectivity index (χ0v) is 10.1. The first-order chi connectivity index (χ1) is 8.52. The van der Waals surface area contributed by atoms with Crippen molar-refractivity contribution in [3.8, 4) is 5.75 Å². The molecule has 3 amide bonds. The maximum Gasteiger partial charge on any atom is 0.328 e. The maximum absolute atomic E-state index is 13.3. The van der Waals surface area contributed by atoms with Crippen molar-refractivity contribution in [2.24, 2.45) is 5.92 Å². The molecule has 1 unspecified atom stereocenters. The number of methoxy groups -OCH3 is 1. The highest BCUT2D eigenvalue weighted by atomic mass is 19.1. The molecule has 1 atom stereocenters. The first kappa shape index (κ1) is 12.3. The lowest BCUT2D eigenvalue weighted by Gasteiger charge is -2.30. The molecule has 1 fully saturated rings. The molecule has 2 rings (SSSR count). The Kier molecular flexibility index (Phi) is 3.18. The number of halogens is 1. The van der Waals surface area contributed by atoms with Crippen molar-refractivity contribution in [2.45, 2.75) is 6.92 Å². The van der Waals surface area contributed by atoms with E-state index in [1.807, 2.05) is 0 Å². The number of hydrogen-bond acceptors (Lipinski definition) is 3. The summed E-state index contributed by atoms with van der Waals surface area (Å²) < 4.78 is 18.1. The monoisotopic (exact) mass is 252 g/mol. The third-order valence-electron chi connectivity index (χ3n) is 2.83. The first-order valence-electron chi connectivity index (χ1n) is 5.49. The molecule has 0 spiro atoms. The van der Waals surface area contributed by atoms with E-state index in [1.165, 1.54) is 30.2 Å². The van der Waals surface area contributed by atoms with Crippen LogP contribution in [-0.2, 0) is 4.79 Å². The third kappa shape index (κ3) is 2.13. The zero-order chi connectivity index (χ0) is 13.3. The number of carbonyl (C=O) groups excluding carboxylic acids is 2. The molecule has 6 heteroatoms. The van der Waals surface area contributed by atoms with Crippen LogP contribution in [0.3, 0.4) is 0 Å². The minimum absolute atomic E-state index is 0.0600. The molecule has 0 saturated carbocycles. The molecule has 1 heterocycles. The molecule has 0 bridgehead atoms. The van der Waals surface area contributed by atoms with E-state index in [1.54, 1.807) is 6.92 Å². The number of imide groups is 1. The quantitative estimate of drug-likeness (QED) is 0.868. The number of urea groups is 1. The molecule has 96 valence electrons. The maximum atomic E-state index is 13.3. The van der Waals surface area contributed by atoms with Crippen molar-refractivity contribution in [3.63, 3.8) is 0 Å². The van der Waals surface area contributed by atoms with Gasteiger partial charge in [-0.15, -0.1) is 0 Å². The second kappa shape index (κ2) is 4.64. The Morgan fingerprint density at radius 2 is 2.17 bits per heavy atom. The van der Waals surface area contributed by atoms with Gasteiger partial charge < -0.3 is 4.74 Å². The molecule has 1 aromatic carbocycles. The normalized spacial score (nSPS) is 19.7. The van der Waals surface area contributed by atoms with E-state index in [9.17, 15) is 14.0 Å². The molecule has 5 nitrogen and oxygen atoms in total. The van der Waals surface area contributed by atoms with Gasteiger partial charge >= 0.3 is 6.03 Å². The number of ether oxygens (including phenoxy) is 1. The highest BCUT2D eigenvalue weighted by Gasteiger charge is 2.30. The zero-order valence-electron chi connectivity index (χ0n) is 10.1. The summed E-state index contributed by atoms with van der Waals surface area (Å²) >= 11 is 0. The van der Waals surface area contributed by atoms with Gasteiger partial charge in [0.2, 0.25) is 5.91 Å². The van der Waals surface area contributed by atoms with Gasteiger partial charge in [-0.3, -0.25) is 15.0 Å². The number of hydrogen-bond donors (Lipinski definition) is 1. The van der Waals surface area contributed by atoms with Gasteiger partial charge in [-0.2, -0.15) is 0 Å². The molecule has 1 aliphatic heterocycles. The van der Waals surface area contributed by atoms with E-state index < -0.39 is 11.8 Å². The van der Waals surface area contributed by atoms with Gasteiger partial charge in [0.25, 0.3) is 0 Å². The van der Waals surface area contributed by atoms with E-state index in [0.717, 1.165) is 0 Å². The van der Waals surface area contributed by atoms with Crippen LogP contribution in [0.2, 0.25) is 0 Å². The van der Waals surface area contributed by atoms with Crippen molar-refractivity contribution >= 4 is 17.6 Å². The number of benzene rings is 1. The summed E-state index contributed by atoms with van der Waals surface area (Å²) in [5.41, 5.74) is 0.491. The molecule has 0 aromatic heterocycles. The topological polar surface area (TPSA) is 58.6 Å². The standard InChI is InChI=1S/C12H13FN2O3/c1-7-6-15(12(17)14-11(7)16)8-3-4-9(13)10(5-8)18-2/h3-5,7H,6H2,1-2H3,(H,14,16,17). The first-order valence-corrected chi connectivity index (χ1v) is 5.49. The Morgan fingerprint density at radius 3 is 2.83 bits per heavy atom. The SMILES string of the molecule is COc1cc(N2CC(C)C(=O)NC2=O)ccc1F. The highest BCUT2D eigenvalue weighted by Crippen LogP contribution is 2.26. The summed E-state index contributed by atoms with van der Waals surface area (Å²) in [4.78, 5) is 24.4. The van der Waals surface area contributed by atoms with Gasteiger partial charge in [-0.25, -0.2) is 9.18 Å². The van der Waals surface area contributed by atoms with Crippen molar-refractivity contribution in [1.29, 1.82) is 0 Å². The lowest BCUT2D eigenvalue weighted by Crippen LogP contribution is -2.53. The predicted molar refractivity (Wildman–Crippen MR) is 63.0 cm³/mol. The summed E-state index contributed by atoms with van der Waals surface area (Å²) in [6, 6.07) is 3.62. The van der Waals surface area contributed by atoms with E-state index in [4.69, 9.17) is 4.74 Å². The van der Waals surface area contributed by atoms with Gasteiger partial charge in [0.05, 0.1) is 13.0 Å². The van der Waals surface area contributed by atoms with Crippen molar-refractivity contribution in [2.75, 3.05) is 18.6 Å². The number of carbonyl (C=O) groups is 2. The Balaban J connectivity index is 2.31. The summed E-state index contributed by atoms with van der Waals surface area (Å²) in [7, 11) is 1.35. The Bertz CT molecular complexity index is 504. The second-order valence-corrected chi connectivity index (χ2v) is 4.12. The summed E-state index contributed by atoms with van der Waals surface area (Å²) in [5.74, 6) is -1.04. The number of nitrogens with one attached hydrogen (secondary N) is 1. The van der Waals surface area contributed by atoms with Gasteiger partial charge in [0, 0.05) is 18.3 Å². The largest absolute Gasteiger partial charge is 0.494 e. The van der Waals surface area contributed by atoms with E-state index in [0.29, 0.717) is 5.69 Å². The fourth-order valence-electron chi connectivity index (χ4n) is 1.77. The lowest BCUT2D eigenvalue weighted by molar-refractivity contribution is -0.123. The molecule has 18 heavy (non-hydrogen) atoms. The summed E-state index contributed by atoms with van der Waals surface area (Å²) in [5, 5.41) is 2.24. The number of rotatable bonds is 2. The van der Waals surface area contributed by atoms with Crippen LogP contribution < -0.4 is 15.0 Å². The van der Waals surface area contributed by atoms with Crippen molar-refractivity contribution in [1.82, 2.24) is 5.32 Å². The molecule has 0 radical (unpaired) electrons. The highest BCUT2D eigenvalue weighted by molar-refractivity contribution is 6.06. The van der Waals surface area contributed by atoms with E-state index >= 15 is 0 Å². The minimum atomic E-state index is -0.508. The molecular weight excluding hydrogens is 239 g/mol. The van der Waals surface area contributed by atoms with Gasteiger partial charge in [-0.1, -0.05) is 6.92 Å². The smallest absolute Gasteiger partial charge is 0.328 e. The van der Waals surface area contributed by atoms with Crippen molar-refractivity contribution < 1.29 is 18.7 Å². The molecule has 1 saturated heterocycles. The van der Waals surface area contributed by atoms with Crippen LogP contribution in [0.1, 0.15) is 6.92 Å². The Labute approximate surface area is 104 Å². The Morgan fingerprint density at radius 1 is 1.44 bits per heavy atom. The number of anilines is 1. The summed E-state index contributed by atoms with van der Waals surface area (Å²) in [6.07, 6.45) is 0. The fraction of sp³-hybridized carbons (Fsp3) is 0.333. The van der Waals surface area contributed by atoms with Crippen molar-refractivity contribution in [3.05, 3.63) is 24.0 Å². The number of amides is 3. The lowest BCUT2D eigenvalue weighted by atomic mass is 10.1. The van der Waals surface area contributed by atoms with Crippen LogP contribution in [0, 0.1) is 11.7 Å². The third-order valence-corrected chi connectivity index (χ3v) is 2.83. The minimum Gasteiger partial charge on any atom is -0.494 e. The molecule has 1 aliphatic rings. The molecule has 1 N–H and O–H groups in total. The summed E-state index contributed by atoms with van der Waals surface area (Å²) in [6.45, 7) is 1.98. The van der Waals surface area contributed by atoms with E-state index in [2.05, 4.69) is 5.32 Å². The van der Waals surface area contributed by atoms with Gasteiger partial charge in [0.1, 0.15) is 0 Å². The Hall–Kier alpha value is -2.11. The fourth-order valence-corrected chi connectivity index (χ4v) is 1.77. The van der Waals surface area contributed by atoms with Gasteiger partial charge in [0.15, 0.2) is 11.6 Å². The predicted octanol–water partition coefficient (Wildman–Crippen LogP) is 1.53. The number of nitrogens with zero attached hydrogens (tertiary/aromatic N) is 1. The van der Waals surface area contributed by atoms with Crippen LogP contribution in [0.5, 0.6) is 5.75 Å². The molecule has 0 aliphatic carbocycles. The van der Waals surface area contributed by atoms with Crippen LogP contribution >= 0.6 is 0 Å². The average Bonchev–Trinajstić information content (AvgIpc) is 2.35. The van der Waals surface area contributed by atoms with Crippen LogP contribution in [0.4, 0.5) is 14.9 Å². The second-order valence-electron chi connectivity index (χ2n) is 4.12. The van der Waals surface area contributed by atoms with E-state index in [-0.39, 0.29) is 24.1 Å². The van der Waals surface area contributed by atoms with Crippen LogP contribution in [0.25, 0.3) is 0 Å². The van der Waals surface area contributed by atoms with Gasteiger partial charge in [-0.05, 0) is 12.1 Å². The van der Waals surface area contributed by atoms with Crippen LogP contribution in [-0.4, -0.2) is 25.6 Å².